The minimum atomic E-state index is -0.0693. The summed E-state index contributed by atoms with van der Waals surface area (Å²) in [6.07, 6.45) is 9.08. The van der Waals surface area contributed by atoms with Crippen LogP contribution in [0.2, 0.25) is 0 Å². The molecule has 0 radical (unpaired) electrons. The van der Waals surface area contributed by atoms with Crippen LogP contribution in [-0.2, 0) is 19.4 Å². The summed E-state index contributed by atoms with van der Waals surface area (Å²) in [6, 6.07) is 12.0. The molecule has 0 aliphatic heterocycles. The average Bonchev–Trinajstić information content (AvgIpc) is 3.28. The third-order valence-electron chi connectivity index (χ3n) is 5.32. The first-order valence-corrected chi connectivity index (χ1v) is 10.1. The van der Waals surface area contributed by atoms with Gasteiger partial charge in [0.1, 0.15) is 0 Å². The van der Waals surface area contributed by atoms with Gasteiger partial charge in [0.15, 0.2) is 5.69 Å². The smallest absolute Gasteiger partial charge is 0.272 e. The second kappa shape index (κ2) is 8.42. The summed E-state index contributed by atoms with van der Waals surface area (Å²) in [5.41, 5.74) is 3.93. The molecule has 3 aromatic rings. The van der Waals surface area contributed by atoms with Gasteiger partial charge < -0.3 is 5.32 Å². The number of rotatable bonds is 6. The largest absolute Gasteiger partial charge is 0.350 e. The SMILES string of the molecule is CC(CNC(=O)c1nn(-c2ccccc2)c2c1CCCCC2)Cn1cccn1. The number of carbonyl (C=O) groups excluding carboxylic acids is 1. The zero-order chi connectivity index (χ0) is 19.3. The second-order valence-corrected chi connectivity index (χ2v) is 7.63. The molecule has 2 aromatic heterocycles. The number of fused-ring (bicyclic) bond motifs is 1. The summed E-state index contributed by atoms with van der Waals surface area (Å²) in [6.45, 7) is 3.50. The van der Waals surface area contributed by atoms with Crippen LogP contribution < -0.4 is 5.32 Å². The Hall–Kier alpha value is -2.89. The van der Waals surface area contributed by atoms with Gasteiger partial charge in [-0.25, -0.2) is 4.68 Å². The Morgan fingerprint density at radius 1 is 1.14 bits per heavy atom. The van der Waals surface area contributed by atoms with E-state index in [0.29, 0.717) is 18.2 Å². The molecule has 0 fully saturated rings. The van der Waals surface area contributed by atoms with Gasteiger partial charge in [-0.1, -0.05) is 31.5 Å². The maximum absolute atomic E-state index is 13.0. The standard InChI is InChI=1S/C22H27N5O/c1-17(16-26-14-8-13-24-26)15-23-22(28)21-19-11-6-3-7-12-20(19)27(25-21)18-9-4-2-5-10-18/h2,4-5,8-10,13-14,17H,3,6-7,11-12,15-16H2,1H3,(H,23,28). The maximum Gasteiger partial charge on any atom is 0.272 e. The van der Waals surface area contributed by atoms with Crippen LogP contribution in [-0.4, -0.2) is 32.0 Å². The van der Waals surface area contributed by atoms with Crippen molar-refractivity contribution in [3.8, 4) is 5.69 Å². The molecule has 6 nitrogen and oxygen atoms in total. The highest BCUT2D eigenvalue weighted by Crippen LogP contribution is 2.26. The van der Waals surface area contributed by atoms with Gasteiger partial charge in [-0.3, -0.25) is 9.48 Å². The third-order valence-corrected chi connectivity index (χ3v) is 5.32. The molecule has 1 atom stereocenters. The summed E-state index contributed by atoms with van der Waals surface area (Å²) in [4.78, 5) is 13.0. The molecule has 1 N–H and O–H groups in total. The average molecular weight is 377 g/mol. The minimum Gasteiger partial charge on any atom is -0.350 e. The zero-order valence-electron chi connectivity index (χ0n) is 16.3. The van der Waals surface area contributed by atoms with Crippen LogP contribution in [0.5, 0.6) is 0 Å². The van der Waals surface area contributed by atoms with Crippen LogP contribution in [0.3, 0.4) is 0 Å². The molecule has 146 valence electrons. The van der Waals surface area contributed by atoms with E-state index in [0.717, 1.165) is 43.5 Å². The second-order valence-electron chi connectivity index (χ2n) is 7.63. The summed E-state index contributed by atoms with van der Waals surface area (Å²) in [5, 5.41) is 12.1. The lowest BCUT2D eigenvalue weighted by atomic mass is 10.1. The Morgan fingerprint density at radius 2 is 1.96 bits per heavy atom. The Morgan fingerprint density at radius 3 is 2.75 bits per heavy atom. The molecule has 1 unspecified atom stereocenters. The summed E-state index contributed by atoms with van der Waals surface area (Å²) < 4.78 is 3.87. The van der Waals surface area contributed by atoms with Gasteiger partial charge in [0, 0.05) is 36.7 Å². The van der Waals surface area contributed by atoms with Gasteiger partial charge in [-0.2, -0.15) is 10.2 Å². The number of para-hydroxylation sites is 1. The quantitative estimate of drug-likeness (QED) is 0.670. The van der Waals surface area contributed by atoms with E-state index in [-0.39, 0.29) is 5.91 Å². The van der Waals surface area contributed by atoms with Crippen molar-refractivity contribution in [2.24, 2.45) is 5.92 Å². The number of benzene rings is 1. The highest BCUT2D eigenvalue weighted by molar-refractivity contribution is 5.94. The number of nitrogens with zero attached hydrogens (tertiary/aromatic N) is 4. The van der Waals surface area contributed by atoms with Gasteiger partial charge in [-0.05, 0) is 49.8 Å². The van der Waals surface area contributed by atoms with Crippen LogP contribution in [0, 0.1) is 5.92 Å². The molecule has 1 aliphatic carbocycles. The molecule has 1 amide bonds. The number of nitrogens with one attached hydrogen (secondary N) is 1. The molecule has 0 spiro atoms. The lowest BCUT2D eigenvalue weighted by molar-refractivity contribution is 0.0940. The molecule has 6 heteroatoms. The molecule has 1 aromatic carbocycles. The summed E-state index contributed by atoms with van der Waals surface area (Å²) in [7, 11) is 0. The maximum atomic E-state index is 13.0. The van der Waals surface area contributed by atoms with Crippen molar-refractivity contribution >= 4 is 5.91 Å². The van der Waals surface area contributed by atoms with E-state index < -0.39 is 0 Å². The van der Waals surface area contributed by atoms with E-state index in [9.17, 15) is 4.79 Å². The lowest BCUT2D eigenvalue weighted by Gasteiger charge is -2.12. The van der Waals surface area contributed by atoms with Crippen LogP contribution in [0.1, 0.15) is 47.9 Å². The molecule has 2 heterocycles. The van der Waals surface area contributed by atoms with Gasteiger partial charge in [0.2, 0.25) is 0 Å². The number of hydrogen-bond acceptors (Lipinski definition) is 3. The van der Waals surface area contributed by atoms with Crippen molar-refractivity contribution in [3.63, 3.8) is 0 Å². The van der Waals surface area contributed by atoms with Crippen molar-refractivity contribution in [1.82, 2.24) is 24.9 Å². The fraction of sp³-hybridized carbons (Fsp3) is 0.409. The Balaban J connectivity index is 1.53. The van der Waals surface area contributed by atoms with Crippen LogP contribution in [0.25, 0.3) is 5.69 Å². The van der Waals surface area contributed by atoms with Crippen molar-refractivity contribution < 1.29 is 4.79 Å². The topological polar surface area (TPSA) is 64.7 Å². The third kappa shape index (κ3) is 4.01. The fourth-order valence-electron chi connectivity index (χ4n) is 3.88. The molecule has 28 heavy (non-hydrogen) atoms. The number of hydrogen-bond donors (Lipinski definition) is 1. The predicted octanol–water partition coefficient (Wildman–Crippen LogP) is 3.40. The number of amides is 1. The molecule has 1 aliphatic rings. The van der Waals surface area contributed by atoms with Crippen LogP contribution in [0.15, 0.2) is 48.8 Å². The van der Waals surface area contributed by atoms with Crippen molar-refractivity contribution in [1.29, 1.82) is 0 Å². The molecule has 4 rings (SSSR count). The van der Waals surface area contributed by atoms with E-state index in [4.69, 9.17) is 5.10 Å². The minimum absolute atomic E-state index is 0.0693. The molecule has 0 saturated heterocycles. The highest BCUT2D eigenvalue weighted by Gasteiger charge is 2.24. The van der Waals surface area contributed by atoms with Gasteiger partial charge in [0.25, 0.3) is 5.91 Å². The van der Waals surface area contributed by atoms with Crippen molar-refractivity contribution in [2.75, 3.05) is 6.54 Å². The van der Waals surface area contributed by atoms with Crippen LogP contribution in [0.4, 0.5) is 0 Å². The van der Waals surface area contributed by atoms with E-state index >= 15 is 0 Å². The Labute approximate surface area is 165 Å². The first kappa shape index (κ1) is 18.5. The van der Waals surface area contributed by atoms with E-state index in [1.54, 1.807) is 6.20 Å². The van der Waals surface area contributed by atoms with Crippen molar-refractivity contribution in [2.45, 2.75) is 45.6 Å². The number of aromatic nitrogens is 4. The fourth-order valence-corrected chi connectivity index (χ4v) is 3.88. The lowest BCUT2D eigenvalue weighted by Crippen LogP contribution is -2.31. The Bertz CT molecular complexity index is 914. The highest BCUT2D eigenvalue weighted by atomic mass is 16.1. The molecular formula is C22H27N5O. The van der Waals surface area contributed by atoms with E-state index in [1.807, 2.05) is 52.0 Å². The first-order chi connectivity index (χ1) is 13.7. The van der Waals surface area contributed by atoms with Gasteiger partial charge in [0.05, 0.1) is 5.69 Å². The van der Waals surface area contributed by atoms with Gasteiger partial charge >= 0.3 is 0 Å². The van der Waals surface area contributed by atoms with E-state index in [1.165, 1.54) is 12.1 Å². The molecule has 0 bridgehead atoms. The van der Waals surface area contributed by atoms with Crippen LogP contribution >= 0.6 is 0 Å². The molecule has 0 saturated carbocycles. The first-order valence-electron chi connectivity index (χ1n) is 10.1. The normalized spacial score (nSPS) is 14.9. The van der Waals surface area contributed by atoms with Gasteiger partial charge in [-0.15, -0.1) is 0 Å². The Kier molecular flexibility index (Phi) is 5.55. The summed E-state index contributed by atoms with van der Waals surface area (Å²) in [5.74, 6) is 0.221. The zero-order valence-corrected chi connectivity index (χ0v) is 16.3. The predicted molar refractivity (Wildman–Crippen MR) is 109 cm³/mol. The monoisotopic (exact) mass is 377 g/mol. The molecular weight excluding hydrogens is 350 g/mol. The van der Waals surface area contributed by atoms with Crippen molar-refractivity contribution in [3.05, 3.63) is 65.7 Å². The summed E-state index contributed by atoms with van der Waals surface area (Å²) >= 11 is 0. The van der Waals surface area contributed by atoms with E-state index in [2.05, 4.69) is 17.3 Å². The number of carbonyl (C=O) groups is 1.